The van der Waals surface area contributed by atoms with Gasteiger partial charge in [0.05, 0.1) is 5.56 Å². The molecule has 1 aromatic heterocycles. The molecule has 0 unspecified atom stereocenters. The number of nitrogens with zero attached hydrogens (tertiary/aromatic N) is 2. The first-order chi connectivity index (χ1) is 13.7. The molecule has 0 atom stereocenters. The third-order valence-electron chi connectivity index (χ3n) is 5.55. The van der Waals surface area contributed by atoms with Crippen LogP contribution in [0.2, 0.25) is 0 Å². The summed E-state index contributed by atoms with van der Waals surface area (Å²) in [4.78, 5) is 30.4. The van der Waals surface area contributed by atoms with Crippen molar-refractivity contribution in [3.05, 3.63) is 41.6 Å². The van der Waals surface area contributed by atoms with Gasteiger partial charge in [0, 0.05) is 37.1 Å². The predicted octanol–water partition coefficient (Wildman–Crippen LogP) is 3.71. The van der Waals surface area contributed by atoms with E-state index in [-0.39, 0.29) is 11.8 Å². The second-order valence-corrected chi connectivity index (χ2v) is 11.6. The average molecular weight is 411 g/mol. The molecule has 0 saturated heterocycles. The lowest BCUT2D eigenvalue weighted by molar-refractivity contribution is -0.114. The summed E-state index contributed by atoms with van der Waals surface area (Å²) in [5, 5.41) is 3.30. The summed E-state index contributed by atoms with van der Waals surface area (Å²) in [7, 11) is -2.65. The van der Waals surface area contributed by atoms with Crippen molar-refractivity contribution < 1.29 is 14.2 Å². The van der Waals surface area contributed by atoms with Crippen LogP contribution in [0.3, 0.4) is 0 Å². The van der Waals surface area contributed by atoms with Gasteiger partial charge in [-0.3, -0.25) is 9.59 Å². The molecule has 1 aromatic carbocycles. The number of anilines is 1. The summed E-state index contributed by atoms with van der Waals surface area (Å²) in [6, 6.07) is 7.51. The molecule has 2 aromatic rings. The lowest BCUT2D eigenvalue weighted by Crippen LogP contribution is -2.27. The molecule has 29 heavy (non-hydrogen) atoms. The fourth-order valence-electron chi connectivity index (χ4n) is 3.83. The van der Waals surface area contributed by atoms with Crippen molar-refractivity contribution in [1.29, 1.82) is 0 Å². The molecule has 0 bridgehead atoms. The molecule has 2 heterocycles. The Morgan fingerprint density at radius 1 is 1.24 bits per heavy atom. The molecule has 2 amide bonds. The van der Waals surface area contributed by atoms with Crippen LogP contribution in [-0.4, -0.2) is 41.6 Å². The number of carbonyl (C=O) groups excluding carboxylic acids is 2. The van der Waals surface area contributed by atoms with Crippen molar-refractivity contribution >= 4 is 30.1 Å². The molecule has 6 nitrogen and oxygen atoms in total. The third-order valence-corrected chi connectivity index (χ3v) is 7.06. The summed E-state index contributed by atoms with van der Waals surface area (Å²) < 4.78 is 13.0. The van der Waals surface area contributed by atoms with Crippen molar-refractivity contribution in [1.82, 2.24) is 9.88 Å². The first kappa shape index (κ1) is 19.8. The second-order valence-electron chi connectivity index (χ2n) is 8.45. The molecule has 152 valence electrons. The maximum absolute atomic E-state index is 13.0. The minimum absolute atomic E-state index is 0.00487. The van der Waals surface area contributed by atoms with Crippen molar-refractivity contribution in [3.8, 4) is 11.1 Å². The van der Waals surface area contributed by atoms with Gasteiger partial charge >= 0.3 is 0 Å². The van der Waals surface area contributed by atoms with E-state index in [2.05, 4.69) is 10.3 Å². The number of pyridine rings is 1. The molecule has 1 fully saturated rings. The number of rotatable bonds is 6. The molecule has 1 saturated carbocycles. The zero-order valence-corrected chi connectivity index (χ0v) is 18.0. The Balaban J connectivity index is 1.69. The summed E-state index contributed by atoms with van der Waals surface area (Å²) in [6.07, 6.45) is 5.27. The average Bonchev–Trinajstić information content (AvgIpc) is 3.42. The van der Waals surface area contributed by atoms with E-state index >= 15 is 0 Å². The molecule has 7 heteroatoms. The van der Waals surface area contributed by atoms with Gasteiger partial charge in [0.15, 0.2) is 0 Å². The van der Waals surface area contributed by atoms with E-state index in [4.69, 9.17) is 0 Å². The molecule has 1 aliphatic carbocycles. The van der Waals surface area contributed by atoms with E-state index in [1.54, 1.807) is 25.6 Å². The largest absolute Gasteiger partial charge is 0.334 e. The van der Waals surface area contributed by atoms with Gasteiger partial charge in [0.2, 0.25) is 5.91 Å². The summed E-state index contributed by atoms with van der Waals surface area (Å²) in [5.74, 6) is 1.08. The second kappa shape index (κ2) is 7.42. The standard InChI is InChI=1S/C22H26N3O3P/c1-14(26)24-20-7-6-16(12-23-20)17-10-18-13-25(9-8-15-4-5-15)22(27)21(18)19(11-17)29(2,3)28/h6-7,10-12,15H,4-5,8-9,13H2,1-3H3,(H,23,24,26). The van der Waals surface area contributed by atoms with Crippen LogP contribution in [0.5, 0.6) is 0 Å². The zero-order valence-electron chi connectivity index (χ0n) is 17.1. The third kappa shape index (κ3) is 4.27. The molecule has 0 radical (unpaired) electrons. The SMILES string of the molecule is CC(=O)Nc1ccc(-c2cc3c(c(P(C)(C)=O)c2)C(=O)N(CCC2CC2)C3)cn1. The molecular weight excluding hydrogens is 385 g/mol. The van der Waals surface area contributed by atoms with Gasteiger partial charge in [-0.2, -0.15) is 0 Å². The molecule has 0 spiro atoms. The van der Waals surface area contributed by atoms with Crippen molar-refractivity contribution in [2.24, 2.45) is 5.92 Å². The smallest absolute Gasteiger partial charge is 0.255 e. The monoisotopic (exact) mass is 411 g/mol. The van der Waals surface area contributed by atoms with E-state index in [9.17, 15) is 14.2 Å². The quantitative estimate of drug-likeness (QED) is 0.735. The Bertz CT molecular complexity index is 1020. The van der Waals surface area contributed by atoms with Crippen LogP contribution in [0.25, 0.3) is 11.1 Å². The highest BCUT2D eigenvalue weighted by Gasteiger charge is 2.34. The number of amides is 2. The lowest BCUT2D eigenvalue weighted by atomic mass is 10.0. The maximum Gasteiger partial charge on any atom is 0.255 e. The minimum Gasteiger partial charge on any atom is -0.334 e. The number of hydrogen-bond acceptors (Lipinski definition) is 4. The van der Waals surface area contributed by atoms with Crippen LogP contribution in [0.1, 0.15) is 42.1 Å². The molecule has 4 rings (SSSR count). The summed E-state index contributed by atoms with van der Waals surface area (Å²) in [6.45, 7) is 6.19. The first-order valence-electron chi connectivity index (χ1n) is 9.98. The number of carbonyl (C=O) groups is 2. The number of fused-ring (bicyclic) bond motifs is 1. The Kier molecular flexibility index (Phi) is 5.07. The van der Waals surface area contributed by atoms with E-state index in [0.717, 1.165) is 35.6 Å². The van der Waals surface area contributed by atoms with Gasteiger partial charge in [-0.05, 0) is 61.1 Å². The van der Waals surface area contributed by atoms with Crippen LogP contribution < -0.4 is 10.6 Å². The number of aromatic nitrogens is 1. The van der Waals surface area contributed by atoms with Gasteiger partial charge < -0.3 is 14.8 Å². The van der Waals surface area contributed by atoms with Crippen LogP contribution in [0.15, 0.2) is 30.5 Å². The Morgan fingerprint density at radius 3 is 2.59 bits per heavy atom. The van der Waals surface area contributed by atoms with Crippen molar-refractivity contribution in [3.63, 3.8) is 0 Å². The van der Waals surface area contributed by atoms with E-state index in [0.29, 0.717) is 23.2 Å². The fraction of sp³-hybridized carbons (Fsp3) is 0.409. The van der Waals surface area contributed by atoms with Gasteiger partial charge in [-0.1, -0.05) is 12.8 Å². The Hall–Kier alpha value is -2.46. The number of benzene rings is 1. The summed E-state index contributed by atoms with van der Waals surface area (Å²) >= 11 is 0. The first-order valence-corrected chi connectivity index (χ1v) is 12.6. The van der Waals surface area contributed by atoms with E-state index in [1.165, 1.54) is 19.8 Å². The van der Waals surface area contributed by atoms with Crippen molar-refractivity contribution in [2.75, 3.05) is 25.2 Å². The molecule has 1 N–H and O–H groups in total. The van der Waals surface area contributed by atoms with Crippen LogP contribution in [0, 0.1) is 5.92 Å². The highest BCUT2D eigenvalue weighted by atomic mass is 31.2. The number of nitrogens with one attached hydrogen (secondary N) is 1. The number of hydrogen-bond donors (Lipinski definition) is 1. The molecule has 1 aliphatic heterocycles. The van der Waals surface area contributed by atoms with Crippen molar-refractivity contribution in [2.45, 2.75) is 32.7 Å². The minimum atomic E-state index is -2.65. The van der Waals surface area contributed by atoms with E-state index in [1.807, 2.05) is 23.1 Å². The normalized spacial score (nSPS) is 16.1. The van der Waals surface area contributed by atoms with Gasteiger partial charge in [0.1, 0.15) is 13.0 Å². The molecular formula is C22H26N3O3P. The van der Waals surface area contributed by atoms with Crippen LogP contribution >= 0.6 is 7.14 Å². The van der Waals surface area contributed by atoms with E-state index < -0.39 is 7.14 Å². The topological polar surface area (TPSA) is 79.4 Å². The van der Waals surface area contributed by atoms with Crippen LogP contribution in [-0.2, 0) is 15.9 Å². The Morgan fingerprint density at radius 2 is 2.00 bits per heavy atom. The lowest BCUT2D eigenvalue weighted by Gasteiger charge is -2.16. The fourth-order valence-corrected chi connectivity index (χ4v) is 5.06. The predicted molar refractivity (Wildman–Crippen MR) is 115 cm³/mol. The van der Waals surface area contributed by atoms with Crippen LogP contribution in [0.4, 0.5) is 5.82 Å². The van der Waals surface area contributed by atoms with Gasteiger partial charge in [-0.25, -0.2) is 4.98 Å². The van der Waals surface area contributed by atoms with Gasteiger partial charge in [-0.15, -0.1) is 0 Å². The molecule has 2 aliphatic rings. The zero-order chi connectivity index (χ0) is 20.8. The Labute approximate surface area is 171 Å². The highest BCUT2D eigenvalue weighted by Crippen LogP contribution is 2.41. The highest BCUT2D eigenvalue weighted by molar-refractivity contribution is 7.70. The van der Waals surface area contributed by atoms with Gasteiger partial charge in [0.25, 0.3) is 5.91 Å². The maximum atomic E-state index is 13.0. The summed E-state index contributed by atoms with van der Waals surface area (Å²) in [5.41, 5.74) is 3.32.